The highest BCUT2D eigenvalue weighted by Crippen LogP contribution is 2.31. The van der Waals surface area contributed by atoms with Crippen molar-refractivity contribution in [1.29, 1.82) is 0 Å². The number of hydrogen-bond acceptors (Lipinski definition) is 3. The van der Waals surface area contributed by atoms with Crippen LogP contribution in [0.3, 0.4) is 0 Å². The minimum atomic E-state index is -0.346. The van der Waals surface area contributed by atoms with E-state index in [1.807, 2.05) is 25.6 Å². The van der Waals surface area contributed by atoms with Gasteiger partial charge in [0, 0.05) is 12.7 Å². The quantitative estimate of drug-likeness (QED) is 0.632. The van der Waals surface area contributed by atoms with Crippen LogP contribution in [0.5, 0.6) is 5.75 Å². The number of esters is 1. The van der Waals surface area contributed by atoms with E-state index in [4.69, 9.17) is 27.9 Å². The van der Waals surface area contributed by atoms with Gasteiger partial charge < -0.3 is 4.74 Å². The van der Waals surface area contributed by atoms with E-state index in [2.05, 4.69) is 5.10 Å². The van der Waals surface area contributed by atoms with Crippen molar-refractivity contribution in [3.8, 4) is 5.75 Å². The highest BCUT2D eigenvalue weighted by atomic mass is 35.5. The van der Waals surface area contributed by atoms with Crippen LogP contribution in [0.4, 0.5) is 0 Å². The van der Waals surface area contributed by atoms with Crippen LogP contribution in [0, 0.1) is 13.8 Å². The summed E-state index contributed by atoms with van der Waals surface area (Å²) >= 11 is 11.9. The average molecular weight is 327 g/mol. The summed E-state index contributed by atoms with van der Waals surface area (Å²) in [5, 5.41) is 4.94. The molecule has 1 aromatic carbocycles. The van der Waals surface area contributed by atoms with Crippen molar-refractivity contribution in [2.75, 3.05) is 0 Å². The number of hydrogen-bond donors (Lipinski definition) is 0. The van der Waals surface area contributed by atoms with E-state index in [-0.39, 0.29) is 23.2 Å². The summed E-state index contributed by atoms with van der Waals surface area (Å²) in [6.07, 6.45) is 0.846. The fraction of sp³-hybridized carbons (Fsp3) is 0.333. The molecule has 0 aliphatic carbocycles. The molecular formula is C15H16Cl2N2O2. The third kappa shape index (κ3) is 3.57. The Morgan fingerprint density at radius 1 is 1.33 bits per heavy atom. The average Bonchev–Trinajstić information content (AvgIpc) is 2.67. The number of nitrogens with zero attached hydrogens (tertiary/aromatic N) is 2. The number of carbonyl (C=O) groups is 1. The lowest BCUT2D eigenvalue weighted by molar-refractivity contribution is -0.134. The van der Waals surface area contributed by atoms with Gasteiger partial charge in [0.25, 0.3) is 0 Å². The van der Waals surface area contributed by atoms with Gasteiger partial charge in [0.15, 0.2) is 5.75 Å². The SMILES string of the molecule is Cc1nn(C)c(C)c1CCC(=O)Oc1cccc(Cl)c1Cl. The molecule has 112 valence electrons. The zero-order valence-corrected chi connectivity index (χ0v) is 13.6. The van der Waals surface area contributed by atoms with Crippen molar-refractivity contribution in [2.24, 2.45) is 7.05 Å². The van der Waals surface area contributed by atoms with Gasteiger partial charge in [0.1, 0.15) is 5.02 Å². The molecule has 0 saturated carbocycles. The van der Waals surface area contributed by atoms with Crippen molar-refractivity contribution in [3.05, 3.63) is 45.2 Å². The molecule has 21 heavy (non-hydrogen) atoms. The number of rotatable bonds is 4. The number of carbonyl (C=O) groups excluding carboxylic acids is 1. The van der Waals surface area contributed by atoms with Crippen LogP contribution < -0.4 is 4.74 Å². The van der Waals surface area contributed by atoms with E-state index in [0.717, 1.165) is 17.0 Å². The Labute approximate surface area is 133 Å². The molecule has 0 amide bonds. The fourth-order valence-corrected chi connectivity index (χ4v) is 2.47. The standard InChI is InChI=1S/C15H16Cl2N2O2/c1-9-11(10(2)19(3)18-9)7-8-14(20)21-13-6-4-5-12(16)15(13)17/h4-6H,7-8H2,1-3H3. The summed E-state index contributed by atoms with van der Waals surface area (Å²) in [6, 6.07) is 4.95. The first-order chi connectivity index (χ1) is 9.90. The first-order valence-electron chi connectivity index (χ1n) is 6.54. The Hall–Kier alpha value is -1.52. The molecule has 1 aromatic heterocycles. The number of ether oxygens (including phenoxy) is 1. The highest BCUT2D eigenvalue weighted by molar-refractivity contribution is 6.43. The van der Waals surface area contributed by atoms with E-state index in [1.165, 1.54) is 0 Å². The molecular weight excluding hydrogens is 311 g/mol. The minimum Gasteiger partial charge on any atom is -0.425 e. The van der Waals surface area contributed by atoms with Crippen LogP contribution in [0.15, 0.2) is 18.2 Å². The molecule has 0 aliphatic rings. The monoisotopic (exact) mass is 326 g/mol. The zero-order valence-electron chi connectivity index (χ0n) is 12.1. The third-order valence-corrected chi connectivity index (χ3v) is 4.18. The second-order valence-corrected chi connectivity index (χ2v) is 5.58. The predicted octanol–water partition coefficient (Wildman–Crippen LogP) is 3.88. The zero-order chi connectivity index (χ0) is 15.6. The van der Waals surface area contributed by atoms with Crippen molar-refractivity contribution >= 4 is 29.2 Å². The highest BCUT2D eigenvalue weighted by Gasteiger charge is 2.14. The Morgan fingerprint density at radius 3 is 2.67 bits per heavy atom. The summed E-state index contributed by atoms with van der Waals surface area (Å²) in [4.78, 5) is 11.9. The maximum atomic E-state index is 11.9. The van der Waals surface area contributed by atoms with Gasteiger partial charge in [-0.25, -0.2) is 0 Å². The molecule has 0 atom stereocenters. The van der Waals surface area contributed by atoms with E-state index in [0.29, 0.717) is 11.4 Å². The first-order valence-corrected chi connectivity index (χ1v) is 7.29. The van der Waals surface area contributed by atoms with Crippen LogP contribution in [-0.2, 0) is 18.3 Å². The van der Waals surface area contributed by atoms with Crippen LogP contribution in [-0.4, -0.2) is 15.7 Å². The lowest BCUT2D eigenvalue weighted by Crippen LogP contribution is -2.10. The molecule has 6 heteroatoms. The Kier molecular flexibility index (Phi) is 4.91. The summed E-state index contributed by atoms with van der Waals surface area (Å²) in [6.45, 7) is 3.91. The van der Waals surface area contributed by atoms with E-state index >= 15 is 0 Å². The van der Waals surface area contributed by atoms with E-state index < -0.39 is 0 Å². The van der Waals surface area contributed by atoms with E-state index in [9.17, 15) is 4.79 Å². The first kappa shape index (κ1) is 15.9. The topological polar surface area (TPSA) is 44.1 Å². The maximum Gasteiger partial charge on any atom is 0.311 e. The second kappa shape index (κ2) is 6.50. The van der Waals surface area contributed by atoms with Gasteiger partial charge in [-0.2, -0.15) is 5.10 Å². The normalized spacial score (nSPS) is 10.7. The molecule has 2 rings (SSSR count). The summed E-state index contributed by atoms with van der Waals surface area (Å²) in [5.41, 5.74) is 3.07. The van der Waals surface area contributed by atoms with Crippen molar-refractivity contribution in [2.45, 2.75) is 26.7 Å². The molecule has 0 N–H and O–H groups in total. The minimum absolute atomic E-state index is 0.251. The third-order valence-electron chi connectivity index (χ3n) is 3.38. The molecule has 0 spiro atoms. The summed E-state index contributed by atoms with van der Waals surface area (Å²) in [5.74, 6) is -0.0596. The van der Waals surface area contributed by atoms with Gasteiger partial charge >= 0.3 is 5.97 Å². The molecule has 0 saturated heterocycles. The van der Waals surface area contributed by atoms with Gasteiger partial charge in [-0.05, 0) is 38.0 Å². The van der Waals surface area contributed by atoms with Gasteiger partial charge in [0.2, 0.25) is 0 Å². The molecule has 0 bridgehead atoms. The number of aryl methyl sites for hydroxylation is 2. The lowest BCUT2D eigenvalue weighted by atomic mass is 10.1. The van der Waals surface area contributed by atoms with Gasteiger partial charge in [-0.3, -0.25) is 9.48 Å². The molecule has 0 unspecified atom stereocenters. The van der Waals surface area contributed by atoms with Crippen molar-refractivity contribution in [3.63, 3.8) is 0 Å². The Morgan fingerprint density at radius 2 is 2.05 bits per heavy atom. The summed E-state index contributed by atoms with van der Waals surface area (Å²) < 4.78 is 7.06. The van der Waals surface area contributed by atoms with Crippen molar-refractivity contribution in [1.82, 2.24) is 9.78 Å². The van der Waals surface area contributed by atoms with Gasteiger partial charge in [-0.1, -0.05) is 29.3 Å². The fourth-order valence-electron chi connectivity index (χ4n) is 2.14. The van der Waals surface area contributed by atoms with Crippen LogP contribution in [0.1, 0.15) is 23.4 Å². The molecule has 0 aliphatic heterocycles. The maximum absolute atomic E-state index is 11.9. The largest absolute Gasteiger partial charge is 0.425 e. The number of aromatic nitrogens is 2. The molecule has 0 radical (unpaired) electrons. The van der Waals surface area contributed by atoms with Crippen LogP contribution >= 0.6 is 23.2 Å². The molecule has 4 nitrogen and oxygen atoms in total. The van der Waals surface area contributed by atoms with E-state index in [1.54, 1.807) is 18.2 Å². The molecule has 2 aromatic rings. The Bertz CT molecular complexity index is 681. The number of benzene rings is 1. The van der Waals surface area contributed by atoms with Crippen LogP contribution in [0.2, 0.25) is 10.0 Å². The van der Waals surface area contributed by atoms with Crippen LogP contribution in [0.25, 0.3) is 0 Å². The summed E-state index contributed by atoms with van der Waals surface area (Å²) in [7, 11) is 1.88. The molecule has 0 fully saturated rings. The smallest absolute Gasteiger partial charge is 0.311 e. The molecule has 1 heterocycles. The van der Waals surface area contributed by atoms with Gasteiger partial charge in [-0.15, -0.1) is 0 Å². The predicted molar refractivity (Wildman–Crippen MR) is 83.1 cm³/mol. The van der Waals surface area contributed by atoms with Gasteiger partial charge in [0.05, 0.1) is 17.1 Å². The second-order valence-electron chi connectivity index (χ2n) is 4.80. The lowest BCUT2D eigenvalue weighted by Gasteiger charge is -2.07. The number of halogens is 2. The Balaban J connectivity index is 2.01. The van der Waals surface area contributed by atoms with Crippen molar-refractivity contribution < 1.29 is 9.53 Å².